The zero-order valence-electron chi connectivity index (χ0n) is 9.00. The van der Waals surface area contributed by atoms with E-state index in [-0.39, 0.29) is 0 Å². The molecule has 0 atom stereocenters. The van der Waals surface area contributed by atoms with Gasteiger partial charge in [0.15, 0.2) is 0 Å². The Morgan fingerprint density at radius 2 is 2.25 bits per heavy atom. The van der Waals surface area contributed by atoms with Crippen molar-refractivity contribution in [2.75, 3.05) is 5.75 Å². The van der Waals surface area contributed by atoms with Gasteiger partial charge < -0.3 is 4.98 Å². The van der Waals surface area contributed by atoms with Crippen molar-refractivity contribution in [3.05, 3.63) is 40.8 Å². The van der Waals surface area contributed by atoms with E-state index in [1.807, 2.05) is 31.2 Å². The van der Waals surface area contributed by atoms with E-state index >= 15 is 0 Å². The lowest BCUT2D eigenvalue weighted by Gasteiger charge is -1.98. The Balaban J connectivity index is 2.40. The molecule has 0 unspecified atom stereocenters. The van der Waals surface area contributed by atoms with Gasteiger partial charge in [-0.2, -0.15) is 12.6 Å². The minimum atomic E-state index is 0.732. The van der Waals surface area contributed by atoms with Crippen LogP contribution in [0.2, 0.25) is 5.02 Å². The fourth-order valence-corrected chi connectivity index (χ4v) is 2.07. The fraction of sp³-hybridized carbons (Fsp3) is 0.250. The first-order valence-electron chi connectivity index (χ1n) is 5.13. The minimum Gasteiger partial charge on any atom is -0.346 e. The summed E-state index contributed by atoms with van der Waals surface area (Å²) in [6, 6.07) is 7.74. The molecule has 2 nitrogen and oxygen atoms in total. The zero-order valence-corrected chi connectivity index (χ0v) is 10.6. The van der Waals surface area contributed by atoms with Crippen molar-refractivity contribution in [1.29, 1.82) is 0 Å². The summed E-state index contributed by atoms with van der Waals surface area (Å²) in [4.78, 5) is 7.81. The van der Waals surface area contributed by atoms with Crippen molar-refractivity contribution in [1.82, 2.24) is 9.97 Å². The highest BCUT2D eigenvalue weighted by Gasteiger charge is 2.08. The molecule has 4 heteroatoms. The van der Waals surface area contributed by atoms with Crippen LogP contribution in [0.4, 0.5) is 0 Å². The van der Waals surface area contributed by atoms with Gasteiger partial charge in [0, 0.05) is 22.7 Å². The Bertz CT molecular complexity index is 494. The standard InChI is InChI=1S/C12H13ClN2S/c1-8-12(15-11(14-8)5-6-16)9-3-2-4-10(13)7-9/h2-4,7,16H,5-6H2,1H3,(H,14,15). The fourth-order valence-electron chi connectivity index (χ4n) is 1.66. The van der Waals surface area contributed by atoms with Crippen LogP contribution < -0.4 is 0 Å². The molecule has 0 aliphatic heterocycles. The number of aromatic nitrogens is 2. The molecule has 1 N–H and O–H groups in total. The predicted molar refractivity (Wildman–Crippen MR) is 71.3 cm³/mol. The van der Waals surface area contributed by atoms with Gasteiger partial charge in [-0.15, -0.1) is 0 Å². The summed E-state index contributed by atoms with van der Waals surface area (Å²) >= 11 is 10.2. The number of aryl methyl sites for hydroxylation is 2. The molecule has 0 fully saturated rings. The van der Waals surface area contributed by atoms with Gasteiger partial charge in [0.1, 0.15) is 5.82 Å². The highest BCUT2D eigenvalue weighted by Crippen LogP contribution is 2.24. The lowest BCUT2D eigenvalue weighted by molar-refractivity contribution is 0.995. The average molecular weight is 253 g/mol. The maximum atomic E-state index is 5.96. The number of nitrogens with one attached hydrogen (secondary N) is 1. The van der Waals surface area contributed by atoms with E-state index < -0.39 is 0 Å². The first kappa shape index (κ1) is 11.6. The van der Waals surface area contributed by atoms with Gasteiger partial charge in [-0.1, -0.05) is 23.7 Å². The van der Waals surface area contributed by atoms with Crippen molar-refractivity contribution < 1.29 is 0 Å². The van der Waals surface area contributed by atoms with Gasteiger partial charge in [-0.3, -0.25) is 0 Å². The molecule has 0 radical (unpaired) electrons. The van der Waals surface area contributed by atoms with Crippen molar-refractivity contribution in [3.8, 4) is 11.3 Å². The quantitative estimate of drug-likeness (QED) is 0.805. The van der Waals surface area contributed by atoms with Crippen LogP contribution in [0.5, 0.6) is 0 Å². The summed E-state index contributed by atoms with van der Waals surface area (Å²) in [5.41, 5.74) is 3.09. The summed E-state index contributed by atoms with van der Waals surface area (Å²) in [5, 5.41) is 0.732. The molecule has 84 valence electrons. The van der Waals surface area contributed by atoms with Gasteiger partial charge in [0.05, 0.1) is 5.69 Å². The number of H-pyrrole nitrogens is 1. The van der Waals surface area contributed by atoms with Crippen molar-refractivity contribution in [3.63, 3.8) is 0 Å². The topological polar surface area (TPSA) is 28.7 Å². The Labute approximate surface area is 105 Å². The third-order valence-corrected chi connectivity index (χ3v) is 2.84. The Kier molecular flexibility index (Phi) is 3.56. The Morgan fingerprint density at radius 1 is 1.44 bits per heavy atom. The van der Waals surface area contributed by atoms with E-state index in [4.69, 9.17) is 11.6 Å². The number of benzene rings is 1. The SMILES string of the molecule is Cc1[nH]c(CCS)nc1-c1cccc(Cl)c1. The molecule has 1 heterocycles. The van der Waals surface area contributed by atoms with Crippen molar-refractivity contribution in [2.45, 2.75) is 13.3 Å². The van der Waals surface area contributed by atoms with Gasteiger partial charge >= 0.3 is 0 Å². The van der Waals surface area contributed by atoms with Crippen molar-refractivity contribution in [2.24, 2.45) is 0 Å². The summed E-state index contributed by atoms with van der Waals surface area (Å²) in [5.74, 6) is 1.77. The molecule has 0 aliphatic carbocycles. The van der Waals surface area contributed by atoms with Crippen LogP contribution in [0.15, 0.2) is 24.3 Å². The third kappa shape index (κ3) is 2.42. The molecule has 0 saturated carbocycles. The average Bonchev–Trinajstić information content (AvgIpc) is 2.60. The normalized spacial score (nSPS) is 10.7. The molecule has 0 aliphatic rings. The number of hydrogen-bond donors (Lipinski definition) is 2. The molecule has 1 aromatic carbocycles. The molecule has 0 spiro atoms. The maximum absolute atomic E-state index is 5.96. The number of nitrogens with zero attached hydrogens (tertiary/aromatic N) is 1. The lowest BCUT2D eigenvalue weighted by atomic mass is 10.1. The molecule has 2 aromatic rings. The van der Waals surface area contributed by atoms with Gasteiger partial charge in [0.2, 0.25) is 0 Å². The van der Waals surface area contributed by atoms with E-state index in [0.29, 0.717) is 0 Å². The van der Waals surface area contributed by atoms with Gasteiger partial charge in [0.25, 0.3) is 0 Å². The highest BCUT2D eigenvalue weighted by atomic mass is 35.5. The molecule has 2 rings (SSSR count). The molecule has 1 aromatic heterocycles. The van der Waals surface area contributed by atoms with Crippen LogP contribution in [-0.2, 0) is 6.42 Å². The van der Waals surface area contributed by atoms with Crippen molar-refractivity contribution >= 4 is 24.2 Å². The monoisotopic (exact) mass is 252 g/mol. The highest BCUT2D eigenvalue weighted by molar-refractivity contribution is 7.80. The maximum Gasteiger partial charge on any atom is 0.107 e. The Hall–Kier alpha value is -0.930. The second-order valence-electron chi connectivity index (χ2n) is 3.64. The van der Waals surface area contributed by atoms with Gasteiger partial charge in [-0.25, -0.2) is 4.98 Å². The number of rotatable bonds is 3. The largest absolute Gasteiger partial charge is 0.346 e. The minimum absolute atomic E-state index is 0.732. The molecular weight excluding hydrogens is 240 g/mol. The summed E-state index contributed by atoms with van der Waals surface area (Å²) in [7, 11) is 0. The molecule has 16 heavy (non-hydrogen) atoms. The van der Waals surface area contributed by atoms with Crippen LogP contribution in [0, 0.1) is 6.92 Å². The number of imidazole rings is 1. The lowest BCUT2D eigenvalue weighted by Crippen LogP contribution is -1.88. The zero-order chi connectivity index (χ0) is 11.5. The summed E-state index contributed by atoms with van der Waals surface area (Å²) < 4.78 is 0. The van der Waals surface area contributed by atoms with Crippen LogP contribution in [0.25, 0.3) is 11.3 Å². The second kappa shape index (κ2) is 4.93. The first-order valence-corrected chi connectivity index (χ1v) is 6.14. The molecule has 0 saturated heterocycles. The third-order valence-electron chi connectivity index (χ3n) is 2.38. The van der Waals surface area contributed by atoms with E-state index in [1.54, 1.807) is 0 Å². The number of aromatic amines is 1. The van der Waals surface area contributed by atoms with Crippen LogP contribution in [0.1, 0.15) is 11.5 Å². The first-order chi connectivity index (χ1) is 7.70. The summed E-state index contributed by atoms with van der Waals surface area (Å²) in [6.07, 6.45) is 0.852. The molecule has 0 amide bonds. The second-order valence-corrected chi connectivity index (χ2v) is 4.52. The predicted octanol–water partition coefficient (Wildman–Crippen LogP) is 3.51. The number of thiol groups is 1. The molecule has 0 bridgehead atoms. The van der Waals surface area contributed by atoms with Gasteiger partial charge in [-0.05, 0) is 24.8 Å². The Morgan fingerprint density at radius 3 is 2.94 bits per heavy atom. The molecular formula is C12H13ClN2S. The van der Waals surface area contributed by atoms with Crippen LogP contribution in [0.3, 0.4) is 0 Å². The number of hydrogen-bond acceptors (Lipinski definition) is 2. The van der Waals surface area contributed by atoms with E-state index in [9.17, 15) is 0 Å². The van der Waals surface area contributed by atoms with E-state index in [0.717, 1.165) is 40.0 Å². The van der Waals surface area contributed by atoms with E-state index in [1.165, 1.54) is 0 Å². The number of halogens is 1. The van der Waals surface area contributed by atoms with Crippen LogP contribution >= 0.6 is 24.2 Å². The summed E-state index contributed by atoms with van der Waals surface area (Å²) in [6.45, 7) is 2.02. The van der Waals surface area contributed by atoms with E-state index in [2.05, 4.69) is 22.6 Å². The van der Waals surface area contributed by atoms with Crippen LogP contribution in [-0.4, -0.2) is 15.7 Å². The smallest absolute Gasteiger partial charge is 0.107 e.